The van der Waals surface area contributed by atoms with E-state index in [9.17, 15) is 18.0 Å². The summed E-state index contributed by atoms with van der Waals surface area (Å²) in [5.41, 5.74) is 0.462. The monoisotopic (exact) mass is 485 g/mol. The molecule has 2 aromatic carbocycles. The van der Waals surface area contributed by atoms with E-state index in [0.29, 0.717) is 11.3 Å². The summed E-state index contributed by atoms with van der Waals surface area (Å²) in [6, 6.07) is 10.3. The van der Waals surface area contributed by atoms with Crippen LogP contribution in [-0.4, -0.2) is 24.1 Å². The molecule has 0 atom stereocenters. The van der Waals surface area contributed by atoms with Crippen molar-refractivity contribution in [2.75, 3.05) is 23.3 Å². The molecule has 0 saturated carbocycles. The predicted molar refractivity (Wildman–Crippen MR) is 115 cm³/mol. The molecule has 154 valence electrons. The Morgan fingerprint density at radius 1 is 1.07 bits per heavy atom. The average Bonchev–Trinajstić information content (AvgIpc) is 2.68. The van der Waals surface area contributed by atoms with E-state index in [-0.39, 0.29) is 10.8 Å². The number of benzene rings is 2. The van der Waals surface area contributed by atoms with Crippen molar-refractivity contribution in [1.29, 1.82) is 0 Å². The second-order valence-electron chi connectivity index (χ2n) is 6.70. The summed E-state index contributed by atoms with van der Waals surface area (Å²) in [5.74, 6) is -0.449. The number of alkyl halides is 3. The van der Waals surface area contributed by atoms with Crippen LogP contribution < -0.4 is 15.5 Å². The van der Waals surface area contributed by atoms with Gasteiger partial charge in [-0.3, -0.25) is 10.1 Å². The summed E-state index contributed by atoms with van der Waals surface area (Å²) < 4.78 is 40.3. The van der Waals surface area contributed by atoms with Gasteiger partial charge in [0, 0.05) is 23.1 Å². The quantitative estimate of drug-likeness (QED) is 0.556. The zero-order valence-corrected chi connectivity index (χ0v) is 17.8. The SMILES string of the molecule is O=C(NC(=S)Nc1cc(C(F)(F)F)ccc1N1CCCCC1)c1cccc(Br)c1. The molecule has 1 aliphatic rings. The normalized spacial score (nSPS) is 14.4. The second-order valence-corrected chi connectivity index (χ2v) is 8.02. The molecule has 1 amide bonds. The maximum atomic E-state index is 13.2. The van der Waals surface area contributed by atoms with E-state index in [1.165, 1.54) is 6.07 Å². The van der Waals surface area contributed by atoms with E-state index >= 15 is 0 Å². The van der Waals surface area contributed by atoms with Crippen molar-refractivity contribution in [1.82, 2.24) is 5.32 Å². The Morgan fingerprint density at radius 2 is 1.79 bits per heavy atom. The number of thiocarbonyl (C=S) groups is 1. The molecule has 1 heterocycles. The number of piperidine rings is 1. The lowest BCUT2D eigenvalue weighted by Crippen LogP contribution is -2.35. The van der Waals surface area contributed by atoms with Crippen molar-refractivity contribution in [2.45, 2.75) is 25.4 Å². The Labute approximate surface area is 180 Å². The Balaban J connectivity index is 1.81. The number of nitrogens with one attached hydrogen (secondary N) is 2. The van der Waals surface area contributed by atoms with Crippen molar-refractivity contribution in [3.05, 3.63) is 58.1 Å². The second kappa shape index (κ2) is 9.13. The lowest BCUT2D eigenvalue weighted by Gasteiger charge is -2.31. The third-order valence-corrected chi connectivity index (χ3v) is 5.28. The summed E-state index contributed by atoms with van der Waals surface area (Å²) >= 11 is 8.48. The van der Waals surface area contributed by atoms with Crippen LogP contribution in [0.2, 0.25) is 0 Å². The van der Waals surface area contributed by atoms with Crippen LogP contribution in [0, 0.1) is 0 Å². The number of carbonyl (C=O) groups is 1. The molecule has 1 fully saturated rings. The standard InChI is InChI=1S/C20H19BrF3N3OS/c21-15-6-4-5-13(11-15)18(28)26-19(29)25-16-12-14(20(22,23)24)7-8-17(16)27-9-2-1-3-10-27/h4-8,11-12H,1-3,9-10H2,(H2,25,26,28,29). The van der Waals surface area contributed by atoms with Gasteiger partial charge >= 0.3 is 6.18 Å². The predicted octanol–water partition coefficient (Wildman–Crippen LogP) is 5.59. The largest absolute Gasteiger partial charge is 0.416 e. The van der Waals surface area contributed by atoms with Crippen LogP contribution in [0.25, 0.3) is 0 Å². The maximum Gasteiger partial charge on any atom is 0.416 e. The first kappa shape index (κ1) is 21.6. The first-order valence-electron chi connectivity index (χ1n) is 9.08. The molecule has 3 rings (SSSR count). The molecule has 2 N–H and O–H groups in total. The van der Waals surface area contributed by atoms with Crippen LogP contribution in [0.4, 0.5) is 24.5 Å². The molecule has 0 unspecified atom stereocenters. The van der Waals surface area contributed by atoms with E-state index in [1.807, 2.05) is 4.90 Å². The Morgan fingerprint density at radius 3 is 2.45 bits per heavy atom. The van der Waals surface area contributed by atoms with E-state index in [1.54, 1.807) is 24.3 Å². The minimum absolute atomic E-state index is 0.0624. The van der Waals surface area contributed by atoms with Gasteiger partial charge in [0.15, 0.2) is 5.11 Å². The third kappa shape index (κ3) is 5.70. The average molecular weight is 486 g/mol. The van der Waals surface area contributed by atoms with Crippen LogP contribution >= 0.6 is 28.1 Å². The van der Waals surface area contributed by atoms with Gasteiger partial charge in [0.2, 0.25) is 0 Å². The molecule has 1 saturated heterocycles. The van der Waals surface area contributed by atoms with Gasteiger partial charge in [-0.1, -0.05) is 22.0 Å². The van der Waals surface area contributed by atoms with Gasteiger partial charge in [-0.05, 0) is 67.9 Å². The molecule has 0 aromatic heterocycles. The van der Waals surface area contributed by atoms with Crippen LogP contribution in [0.3, 0.4) is 0 Å². The van der Waals surface area contributed by atoms with Gasteiger partial charge in [0.05, 0.1) is 16.9 Å². The molecule has 0 bridgehead atoms. The fourth-order valence-electron chi connectivity index (χ4n) is 3.18. The van der Waals surface area contributed by atoms with Gasteiger partial charge < -0.3 is 10.2 Å². The number of halogens is 4. The summed E-state index contributed by atoms with van der Waals surface area (Å²) in [4.78, 5) is 14.4. The lowest BCUT2D eigenvalue weighted by atomic mass is 10.1. The highest BCUT2D eigenvalue weighted by Gasteiger charge is 2.31. The van der Waals surface area contributed by atoms with E-state index in [0.717, 1.165) is 49.0 Å². The minimum Gasteiger partial charge on any atom is -0.370 e. The van der Waals surface area contributed by atoms with Crippen LogP contribution in [-0.2, 0) is 6.18 Å². The first-order valence-corrected chi connectivity index (χ1v) is 10.3. The molecule has 0 aliphatic carbocycles. The van der Waals surface area contributed by atoms with Gasteiger partial charge in [0.25, 0.3) is 5.91 Å². The molecule has 9 heteroatoms. The van der Waals surface area contributed by atoms with Gasteiger partial charge in [-0.15, -0.1) is 0 Å². The fraction of sp³-hybridized carbons (Fsp3) is 0.300. The summed E-state index contributed by atoms with van der Waals surface area (Å²) in [6.07, 6.45) is -1.42. The van der Waals surface area contributed by atoms with Crippen LogP contribution in [0.1, 0.15) is 35.2 Å². The van der Waals surface area contributed by atoms with E-state index in [2.05, 4.69) is 26.6 Å². The highest BCUT2D eigenvalue weighted by molar-refractivity contribution is 9.10. The lowest BCUT2D eigenvalue weighted by molar-refractivity contribution is -0.137. The Hall–Kier alpha value is -2.13. The molecule has 1 aliphatic heterocycles. The molecular weight excluding hydrogens is 467 g/mol. The van der Waals surface area contributed by atoms with Gasteiger partial charge in [0.1, 0.15) is 0 Å². The zero-order valence-electron chi connectivity index (χ0n) is 15.4. The van der Waals surface area contributed by atoms with Crippen LogP contribution in [0.5, 0.6) is 0 Å². The van der Waals surface area contributed by atoms with E-state index < -0.39 is 17.6 Å². The zero-order chi connectivity index (χ0) is 21.0. The number of rotatable bonds is 3. The van der Waals surface area contributed by atoms with Gasteiger partial charge in [-0.2, -0.15) is 13.2 Å². The summed E-state index contributed by atoms with van der Waals surface area (Å²) in [6.45, 7) is 1.52. The number of amides is 1. The van der Waals surface area contributed by atoms with Gasteiger partial charge in [-0.25, -0.2) is 0 Å². The number of hydrogen-bond donors (Lipinski definition) is 2. The highest BCUT2D eigenvalue weighted by Crippen LogP contribution is 2.36. The summed E-state index contributed by atoms with van der Waals surface area (Å²) in [5, 5.41) is 5.24. The minimum atomic E-state index is -4.47. The number of nitrogens with zero attached hydrogens (tertiary/aromatic N) is 1. The first-order chi connectivity index (χ1) is 13.7. The van der Waals surface area contributed by atoms with Crippen molar-refractivity contribution in [2.24, 2.45) is 0 Å². The number of hydrogen-bond acceptors (Lipinski definition) is 3. The molecular formula is C20H19BrF3N3OS. The topological polar surface area (TPSA) is 44.4 Å². The number of anilines is 2. The molecule has 2 aromatic rings. The Kier molecular flexibility index (Phi) is 6.79. The van der Waals surface area contributed by atoms with Crippen molar-refractivity contribution < 1.29 is 18.0 Å². The molecule has 4 nitrogen and oxygen atoms in total. The third-order valence-electron chi connectivity index (χ3n) is 4.58. The van der Waals surface area contributed by atoms with E-state index in [4.69, 9.17) is 12.2 Å². The molecule has 0 spiro atoms. The van der Waals surface area contributed by atoms with Crippen molar-refractivity contribution >= 4 is 50.5 Å². The molecule has 0 radical (unpaired) electrons. The number of carbonyl (C=O) groups excluding carboxylic acids is 1. The highest BCUT2D eigenvalue weighted by atomic mass is 79.9. The fourth-order valence-corrected chi connectivity index (χ4v) is 3.78. The molecule has 29 heavy (non-hydrogen) atoms. The summed E-state index contributed by atoms with van der Waals surface area (Å²) in [7, 11) is 0. The van der Waals surface area contributed by atoms with Crippen molar-refractivity contribution in [3.63, 3.8) is 0 Å². The maximum absolute atomic E-state index is 13.2. The van der Waals surface area contributed by atoms with Crippen molar-refractivity contribution in [3.8, 4) is 0 Å². The van der Waals surface area contributed by atoms with Crippen LogP contribution in [0.15, 0.2) is 46.9 Å². The Bertz CT molecular complexity index is 914. The smallest absolute Gasteiger partial charge is 0.370 e.